The maximum Gasteiger partial charge on any atom is 0.242 e. The van der Waals surface area contributed by atoms with Crippen LogP contribution in [0.4, 0.5) is 0 Å². The minimum absolute atomic E-state index is 0.0705. The molecule has 1 fully saturated rings. The highest BCUT2D eigenvalue weighted by atomic mass is 32.2. The molecule has 9 heteroatoms. The molecule has 1 atom stereocenters. The van der Waals surface area contributed by atoms with E-state index in [2.05, 4.69) is 13.5 Å². The summed E-state index contributed by atoms with van der Waals surface area (Å²) in [6, 6.07) is 14.1. The maximum atomic E-state index is 13.0. The van der Waals surface area contributed by atoms with E-state index in [1.165, 1.54) is 6.07 Å². The molecule has 2 heterocycles. The lowest BCUT2D eigenvalue weighted by Gasteiger charge is -2.39. The number of benzene rings is 2. The Labute approximate surface area is 167 Å². The molecular weight excluding hydrogens is 398 g/mol. The van der Waals surface area contributed by atoms with Gasteiger partial charge in [0.05, 0.1) is 11.7 Å². The van der Waals surface area contributed by atoms with Crippen LogP contribution in [-0.2, 0) is 20.4 Å². The zero-order valence-electron chi connectivity index (χ0n) is 15.1. The smallest absolute Gasteiger partial charge is 0.242 e. The number of hydrogen-bond acceptors (Lipinski definition) is 7. The van der Waals surface area contributed by atoms with Gasteiger partial charge in [0.1, 0.15) is 21.5 Å². The standard InChI is InChI=1S/C19H21N3O4S2/c23-19(14-5-2-1-3-6-14,15-9-11-26-12-10-15)13-20-28(24,25)17-8-4-7-16-18(17)22-27-21-16/h1-8,15,20,23H,9-13H2. The molecule has 4 rings (SSSR count). The molecule has 28 heavy (non-hydrogen) atoms. The van der Waals surface area contributed by atoms with Crippen LogP contribution in [0.2, 0.25) is 0 Å². The Morgan fingerprint density at radius 2 is 1.86 bits per heavy atom. The SMILES string of the molecule is O=S(=O)(NCC(O)(c1ccccc1)C1CCOCC1)c1cccc2nsnc12. The monoisotopic (exact) mass is 419 g/mol. The molecule has 1 saturated heterocycles. The van der Waals surface area contributed by atoms with E-state index in [0.29, 0.717) is 42.7 Å². The summed E-state index contributed by atoms with van der Waals surface area (Å²) in [5.41, 5.74) is 0.245. The molecule has 2 aromatic carbocycles. The van der Waals surface area contributed by atoms with E-state index in [1.54, 1.807) is 12.1 Å². The fourth-order valence-corrected chi connectivity index (χ4v) is 5.50. The molecule has 0 saturated carbocycles. The van der Waals surface area contributed by atoms with Gasteiger partial charge in [0.2, 0.25) is 10.0 Å². The average Bonchev–Trinajstić information content (AvgIpc) is 3.22. The molecule has 0 aliphatic carbocycles. The van der Waals surface area contributed by atoms with Crippen LogP contribution >= 0.6 is 11.7 Å². The molecule has 1 unspecified atom stereocenters. The second-order valence-electron chi connectivity index (χ2n) is 6.89. The van der Waals surface area contributed by atoms with Crippen LogP contribution in [0.1, 0.15) is 18.4 Å². The van der Waals surface area contributed by atoms with E-state index in [4.69, 9.17) is 4.74 Å². The topological polar surface area (TPSA) is 101 Å². The third kappa shape index (κ3) is 3.68. The van der Waals surface area contributed by atoms with Crippen molar-refractivity contribution in [1.29, 1.82) is 0 Å². The van der Waals surface area contributed by atoms with Crippen molar-refractivity contribution in [3.8, 4) is 0 Å². The number of sulfonamides is 1. The minimum Gasteiger partial charge on any atom is -0.383 e. The summed E-state index contributed by atoms with van der Waals surface area (Å²) in [6.07, 6.45) is 1.33. The summed E-state index contributed by atoms with van der Waals surface area (Å²) < 4.78 is 42.2. The van der Waals surface area contributed by atoms with E-state index in [0.717, 1.165) is 11.7 Å². The molecule has 2 N–H and O–H groups in total. The summed E-state index contributed by atoms with van der Waals surface area (Å²) in [5.74, 6) is -0.108. The van der Waals surface area contributed by atoms with E-state index in [-0.39, 0.29) is 17.4 Å². The predicted octanol–water partition coefficient (Wildman–Crippen LogP) is 2.28. The van der Waals surface area contributed by atoms with Crippen LogP contribution in [0.25, 0.3) is 11.0 Å². The van der Waals surface area contributed by atoms with Crippen LogP contribution in [0, 0.1) is 5.92 Å². The molecule has 3 aromatic rings. The highest BCUT2D eigenvalue weighted by Gasteiger charge is 2.40. The number of nitrogens with zero attached hydrogens (tertiary/aromatic N) is 2. The largest absolute Gasteiger partial charge is 0.383 e. The lowest BCUT2D eigenvalue weighted by atomic mass is 9.77. The van der Waals surface area contributed by atoms with Crippen molar-refractivity contribution < 1.29 is 18.3 Å². The van der Waals surface area contributed by atoms with Gasteiger partial charge >= 0.3 is 0 Å². The van der Waals surface area contributed by atoms with Crippen molar-refractivity contribution in [3.63, 3.8) is 0 Å². The Hall–Kier alpha value is -1.91. The Morgan fingerprint density at radius 3 is 2.61 bits per heavy atom. The summed E-state index contributed by atoms with van der Waals surface area (Å²) in [6.45, 7) is 0.977. The molecule has 1 aliphatic heterocycles. The number of hydrogen-bond donors (Lipinski definition) is 2. The second-order valence-corrected chi connectivity index (χ2v) is 9.15. The lowest BCUT2D eigenvalue weighted by Crippen LogP contribution is -2.47. The first-order valence-electron chi connectivity index (χ1n) is 9.07. The van der Waals surface area contributed by atoms with E-state index < -0.39 is 15.6 Å². The van der Waals surface area contributed by atoms with Crippen molar-refractivity contribution in [2.45, 2.75) is 23.3 Å². The summed E-state index contributed by atoms with van der Waals surface area (Å²) in [4.78, 5) is 0.0705. The van der Waals surface area contributed by atoms with Crippen molar-refractivity contribution >= 4 is 32.8 Å². The first-order chi connectivity index (χ1) is 13.5. The molecule has 1 aliphatic rings. The van der Waals surface area contributed by atoms with Gasteiger partial charge < -0.3 is 9.84 Å². The van der Waals surface area contributed by atoms with Gasteiger partial charge in [-0.15, -0.1) is 0 Å². The normalized spacial score (nSPS) is 18.2. The van der Waals surface area contributed by atoms with Crippen LogP contribution in [-0.4, -0.2) is 42.0 Å². The summed E-state index contributed by atoms with van der Waals surface area (Å²) in [7, 11) is -3.87. The summed E-state index contributed by atoms with van der Waals surface area (Å²) >= 11 is 0.971. The average molecular weight is 420 g/mol. The number of aromatic nitrogens is 2. The van der Waals surface area contributed by atoms with Crippen molar-refractivity contribution in [2.24, 2.45) is 5.92 Å². The fraction of sp³-hybridized carbons (Fsp3) is 0.368. The zero-order valence-corrected chi connectivity index (χ0v) is 16.7. The third-order valence-electron chi connectivity index (χ3n) is 5.24. The first kappa shape index (κ1) is 19.4. The number of aliphatic hydroxyl groups is 1. The van der Waals surface area contributed by atoms with Gasteiger partial charge in [0, 0.05) is 19.8 Å². The van der Waals surface area contributed by atoms with Crippen molar-refractivity contribution in [3.05, 3.63) is 54.1 Å². The zero-order chi connectivity index (χ0) is 19.6. The third-order valence-corrected chi connectivity index (χ3v) is 7.22. The Bertz CT molecular complexity index is 1050. The fourth-order valence-electron chi connectivity index (χ4n) is 3.67. The highest BCUT2D eigenvalue weighted by Crippen LogP contribution is 2.36. The van der Waals surface area contributed by atoms with E-state index in [9.17, 15) is 13.5 Å². The minimum atomic E-state index is -3.87. The number of fused-ring (bicyclic) bond motifs is 1. The quantitative estimate of drug-likeness (QED) is 0.636. The predicted molar refractivity (Wildman–Crippen MR) is 106 cm³/mol. The number of nitrogens with one attached hydrogen (secondary N) is 1. The van der Waals surface area contributed by atoms with Crippen LogP contribution < -0.4 is 4.72 Å². The molecule has 1 aromatic heterocycles. The molecule has 0 amide bonds. The molecule has 7 nitrogen and oxygen atoms in total. The molecule has 0 radical (unpaired) electrons. The molecule has 0 spiro atoms. The molecule has 0 bridgehead atoms. The first-order valence-corrected chi connectivity index (χ1v) is 11.3. The van der Waals surface area contributed by atoms with Gasteiger partial charge in [0.25, 0.3) is 0 Å². The van der Waals surface area contributed by atoms with Gasteiger partial charge in [-0.1, -0.05) is 36.4 Å². The molecule has 148 valence electrons. The van der Waals surface area contributed by atoms with Crippen LogP contribution in [0.15, 0.2) is 53.4 Å². The lowest BCUT2D eigenvalue weighted by molar-refractivity contribution is -0.0663. The number of ether oxygens (including phenoxy) is 1. The molecular formula is C19H21N3O4S2. The van der Waals surface area contributed by atoms with Crippen molar-refractivity contribution in [2.75, 3.05) is 19.8 Å². The number of rotatable bonds is 6. The van der Waals surface area contributed by atoms with E-state index in [1.807, 2.05) is 30.3 Å². The maximum absolute atomic E-state index is 13.0. The van der Waals surface area contributed by atoms with Gasteiger partial charge in [-0.3, -0.25) is 0 Å². The van der Waals surface area contributed by atoms with Crippen molar-refractivity contribution in [1.82, 2.24) is 13.5 Å². The van der Waals surface area contributed by atoms with Gasteiger partial charge in [-0.2, -0.15) is 8.75 Å². The Kier molecular flexibility index (Phi) is 5.44. The van der Waals surface area contributed by atoms with Crippen LogP contribution in [0.5, 0.6) is 0 Å². The van der Waals surface area contributed by atoms with Crippen LogP contribution in [0.3, 0.4) is 0 Å². The second kappa shape index (κ2) is 7.84. The Morgan fingerprint density at radius 1 is 1.11 bits per heavy atom. The van der Waals surface area contributed by atoms with E-state index >= 15 is 0 Å². The Balaban J connectivity index is 1.65. The van der Waals surface area contributed by atoms with Gasteiger partial charge in [-0.25, -0.2) is 13.1 Å². The highest BCUT2D eigenvalue weighted by molar-refractivity contribution is 7.89. The summed E-state index contributed by atoms with van der Waals surface area (Å²) in [5, 5.41) is 11.6. The van der Waals surface area contributed by atoms with Gasteiger partial charge in [-0.05, 0) is 36.5 Å². The van der Waals surface area contributed by atoms with Gasteiger partial charge in [0.15, 0.2) is 0 Å².